The van der Waals surface area contributed by atoms with Crippen LogP contribution in [0, 0.1) is 0 Å². The van der Waals surface area contributed by atoms with Crippen molar-refractivity contribution in [2.45, 2.75) is 44.8 Å². The molecule has 0 aliphatic heterocycles. The number of alkyl halides is 1. The SMILES string of the molecule is CC(C)(F)c1nc(N)nc(NC2CCCc3ccccc32)n1. The molecule has 1 aromatic heterocycles. The number of hydrogen-bond donors (Lipinski definition) is 2. The first-order valence-corrected chi connectivity index (χ1v) is 7.49. The summed E-state index contributed by atoms with van der Waals surface area (Å²) in [5.74, 6) is 0.406. The Morgan fingerprint density at radius 1 is 1.23 bits per heavy atom. The van der Waals surface area contributed by atoms with E-state index < -0.39 is 5.67 Å². The van der Waals surface area contributed by atoms with Gasteiger partial charge in [-0.3, -0.25) is 0 Å². The highest BCUT2D eigenvalue weighted by Crippen LogP contribution is 2.32. The third kappa shape index (κ3) is 3.00. The molecule has 0 spiro atoms. The van der Waals surface area contributed by atoms with Gasteiger partial charge in [0, 0.05) is 0 Å². The Morgan fingerprint density at radius 2 is 2.00 bits per heavy atom. The lowest BCUT2D eigenvalue weighted by Gasteiger charge is -2.26. The van der Waals surface area contributed by atoms with Gasteiger partial charge in [0.1, 0.15) is 0 Å². The standard InChI is InChI=1S/C16H20FN5/c1-16(2,17)13-20-14(18)22-15(21-13)19-12-9-5-7-10-6-3-4-8-11(10)12/h3-4,6,8,12H,5,7,9H2,1-2H3,(H3,18,19,20,21,22). The number of aryl methyl sites for hydroxylation is 1. The van der Waals surface area contributed by atoms with Crippen LogP contribution in [0.2, 0.25) is 0 Å². The Balaban J connectivity index is 1.90. The topological polar surface area (TPSA) is 76.7 Å². The summed E-state index contributed by atoms with van der Waals surface area (Å²) in [7, 11) is 0. The number of benzene rings is 1. The van der Waals surface area contributed by atoms with E-state index in [1.807, 2.05) is 12.1 Å². The van der Waals surface area contributed by atoms with Gasteiger partial charge in [-0.15, -0.1) is 0 Å². The van der Waals surface area contributed by atoms with Crippen LogP contribution < -0.4 is 11.1 Å². The molecule has 116 valence electrons. The minimum atomic E-state index is -1.65. The van der Waals surface area contributed by atoms with Crippen LogP contribution in [0.5, 0.6) is 0 Å². The van der Waals surface area contributed by atoms with Crippen LogP contribution >= 0.6 is 0 Å². The van der Waals surface area contributed by atoms with Gasteiger partial charge in [-0.25, -0.2) is 4.39 Å². The van der Waals surface area contributed by atoms with E-state index in [0.29, 0.717) is 5.95 Å². The zero-order valence-corrected chi connectivity index (χ0v) is 12.8. The van der Waals surface area contributed by atoms with Crippen molar-refractivity contribution in [3.8, 4) is 0 Å². The van der Waals surface area contributed by atoms with E-state index in [-0.39, 0.29) is 17.8 Å². The monoisotopic (exact) mass is 301 g/mol. The van der Waals surface area contributed by atoms with Crippen molar-refractivity contribution < 1.29 is 4.39 Å². The summed E-state index contributed by atoms with van der Waals surface area (Å²) in [5.41, 5.74) is 6.61. The average Bonchev–Trinajstić information content (AvgIpc) is 2.46. The number of hydrogen-bond acceptors (Lipinski definition) is 5. The number of anilines is 2. The van der Waals surface area contributed by atoms with E-state index in [1.54, 1.807) is 0 Å². The molecule has 0 radical (unpaired) electrons. The highest BCUT2D eigenvalue weighted by molar-refractivity contribution is 5.40. The second-order valence-corrected chi connectivity index (χ2v) is 6.10. The van der Waals surface area contributed by atoms with E-state index in [4.69, 9.17) is 5.73 Å². The van der Waals surface area contributed by atoms with Crippen LogP contribution in [0.4, 0.5) is 16.3 Å². The van der Waals surface area contributed by atoms with Crippen LogP contribution in [0.25, 0.3) is 0 Å². The van der Waals surface area contributed by atoms with Crippen LogP contribution in [-0.4, -0.2) is 15.0 Å². The lowest BCUT2D eigenvalue weighted by Crippen LogP contribution is -2.22. The minimum absolute atomic E-state index is 0.0299. The van der Waals surface area contributed by atoms with E-state index >= 15 is 0 Å². The zero-order valence-electron chi connectivity index (χ0n) is 12.8. The molecule has 6 heteroatoms. The Bertz CT molecular complexity index is 680. The summed E-state index contributed by atoms with van der Waals surface area (Å²) in [6.07, 6.45) is 3.16. The summed E-state index contributed by atoms with van der Waals surface area (Å²) in [6.45, 7) is 2.81. The van der Waals surface area contributed by atoms with Gasteiger partial charge in [-0.2, -0.15) is 15.0 Å². The third-order valence-electron chi connectivity index (χ3n) is 3.86. The fourth-order valence-electron chi connectivity index (χ4n) is 2.78. The molecule has 1 unspecified atom stereocenters. The molecule has 1 atom stereocenters. The van der Waals surface area contributed by atoms with Crippen molar-refractivity contribution in [1.82, 2.24) is 15.0 Å². The molecule has 3 N–H and O–H groups in total. The van der Waals surface area contributed by atoms with Gasteiger partial charge in [-0.05, 0) is 44.2 Å². The Kier molecular flexibility index (Phi) is 3.68. The van der Waals surface area contributed by atoms with Crippen molar-refractivity contribution in [3.63, 3.8) is 0 Å². The van der Waals surface area contributed by atoms with Crippen LogP contribution in [-0.2, 0) is 12.1 Å². The molecule has 2 aromatic rings. The molecule has 5 nitrogen and oxygen atoms in total. The van der Waals surface area contributed by atoms with Gasteiger partial charge in [0.15, 0.2) is 11.5 Å². The summed E-state index contributed by atoms with van der Waals surface area (Å²) < 4.78 is 14.1. The molecule has 1 heterocycles. The largest absolute Gasteiger partial charge is 0.368 e. The lowest BCUT2D eigenvalue weighted by atomic mass is 9.88. The molecule has 1 aliphatic rings. The molecule has 0 saturated carbocycles. The van der Waals surface area contributed by atoms with E-state index in [0.717, 1.165) is 19.3 Å². The van der Waals surface area contributed by atoms with E-state index in [9.17, 15) is 4.39 Å². The number of nitrogen functional groups attached to an aromatic ring is 1. The number of nitrogens with zero attached hydrogens (tertiary/aromatic N) is 3. The molecule has 1 aliphatic carbocycles. The van der Waals surface area contributed by atoms with Crippen LogP contribution in [0.15, 0.2) is 24.3 Å². The van der Waals surface area contributed by atoms with Crippen molar-refractivity contribution >= 4 is 11.9 Å². The number of nitrogens with two attached hydrogens (primary N) is 1. The molecule has 0 fully saturated rings. The highest BCUT2D eigenvalue weighted by atomic mass is 19.1. The number of halogens is 1. The van der Waals surface area contributed by atoms with Gasteiger partial charge in [-0.1, -0.05) is 24.3 Å². The predicted octanol–water partition coefficient (Wildman–Crippen LogP) is 3.15. The summed E-state index contributed by atoms with van der Waals surface area (Å²) in [6, 6.07) is 8.43. The quantitative estimate of drug-likeness (QED) is 0.910. The van der Waals surface area contributed by atoms with Gasteiger partial charge in [0.25, 0.3) is 0 Å². The molecule has 1 aromatic carbocycles. The maximum atomic E-state index is 14.1. The highest BCUT2D eigenvalue weighted by Gasteiger charge is 2.26. The van der Waals surface area contributed by atoms with E-state index in [1.165, 1.54) is 25.0 Å². The average molecular weight is 301 g/mol. The molecule has 0 saturated heterocycles. The second kappa shape index (κ2) is 5.51. The van der Waals surface area contributed by atoms with Crippen molar-refractivity contribution in [2.75, 3.05) is 11.1 Å². The van der Waals surface area contributed by atoms with Gasteiger partial charge in [0.2, 0.25) is 11.9 Å². The fraction of sp³-hybridized carbons (Fsp3) is 0.438. The molecule has 3 rings (SSSR count). The predicted molar refractivity (Wildman–Crippen MR) is 84.1 cm³/mol. The summed E-state index contributed by atoms with van der Waals surface area (Å²) in [4.78, 5) is 12.2. The maximum Gasteiger partial charge on any atom is 0.228 e. The molecular weight excluding hydrogens is 281 g/mol. The van der Waals surface area contributed by atoms with Gasteiger partial charge < -0.3 is 11.1 Å². The smallest absolute Gasteiger partial charge is 0.228 e. The Labute approximate surface area is 129 Å². The normalized spacial score (nSPS) is 17.9. The number of nitrogens with one attached hydrogen (secondary N) is 1. The minimum Gasteiger partial charge on any atom is -0.368 e. The number of rotatable bonds is 3. The first-order valence-electron chi connectivity index (χ1n) is 7.49. The summed E-state index contributed by atoms with van der Waals surface area (Å²) >= 11 is 0. The fourth-order valence-corrected chi connectivity index (χ4v) is 2.78. The zero-order chi connectivity index (χ0) is 15.7. The molecule has 22 heavy (non-hydrogen) atoms. The lowest BCUT2D eigenvalue weighted by molar-refractivity contribution is 0.206. The number of aromatic nitrogens is 3. The number of fused-ring (bicyclic) bond motifs is 1. The molecule has 0 bridgehead atoms. The maximum absolute atomic E-state index is 14.1. The van der Waals surface area contributed by atoms with Crippen molar-refractivity contribution in [2.24, 2.45) is 0 Å². The first kappa shape index (κ1) is 14.7. The van der Waals surface area contributed by atoms with Crippen LogP contribution in [0.1, 0.15) is 49.7 Å². The second-order valence-electron chi connectivity index (χ2n) is 6.10. The van der Waals surface area contributed by atoms with Gasteiger partial charge in [0.05, 0.1) is 6.04 Å². The Hall–Kier alpha value is -2.24. The van der Waals surface area contributed by atoms with Crippen LogP contribution in [0.3, 0.4) is 0 Å². The summed E-state index contributed by atoms with van der Waals surface area (Å²) in [5, 5.41) is 3.28. The van der Waals surface area contributed by atoms with E-state index in [2.05, 4.69) is 32.4 Å². The Morgan fingerprint density at radius 3 is 2.77 bits per heavy atom. The van der Waals surface area contributed by atoms with Crippen molar-refractivity contribution in [3.05, 3.63) is 41.2 Å². The molecular formula is C16H20FN5. The first-order chi connectivity index (χ1) is 10.4. The van der Waals surface area contributed by atoms with Crippen molar-refractivity contribution in [1.29, 1.82) is 0 Å². The van der Waals surface area contributed by atoms with Gasteiger partial charge >= 0.3 is 0 Å². The molecule has 0 amide bonds. The third-order valence-corrected chi connectivity index (χ3v) is 3.86.